The van der Waals surface area contributed by atoms with Crippen LogP contribution in [0.25, 0.3) is 0 Å². The van der Waals surface area contributed by atoms with Crippen molar-refractivity contribution in [1.29, 1.82) is 0 Å². The van der Waals surface area contributed by atoms with E-state index >= 15 is 0 Å². The largest absolute Gasteiger partial charge is 0.327 e. The third-order valence-electron chi connectivity index (χ3n) is 4.54. The van der Waals surface area contributed by atoms with Gasteiger partial charge in [-0.2, -0.15) is 0 Å². The molecule has 0 aromatic heterocycles. The van der Waals surface area contributed by atoms with E-state index in [1.807, 2.05) is 0 Å². The van der Waals surface area contributed by atoms with Crippen LogP contribution in [0.5, 0.6) is 0 Å². The van der Waals surface area contributed by atoms with E-state index in [1.165, 1.54) is 19.4 Å². The highest BCUT2D eigenvalue weighted by molar-refractivity contribution is 5.06. The molecule has 2 aliphatic rings. The number of nitrogens with zero attached hydrogens (tertiary/aromatic N) is 1. The molecule has 1 aliphatic carbocycles. The first-order valence-electron chi connectivity index (χ1n) is 5.95. The predicted molar refractivity (Wildman–Crippen MR) is 60.1 cm³/mol. The molecule has 4 unspecified atom stereocenters. The highest BCUT2D eigenvalue weighted by Crippen LogP contribution is 2.50. The van der Waals surface area contributed by atoms with E-state index in [0.717, 1.165) is 6.04 Å². The van der Waals surface area contributed by atoms with Gasteiger partial charge in [0.15, 0.2) is 0 Å². The Hall–Kier alpha value is -0.0800. The van der Waals surface area contributed by atoms with Gasteiger partial charge in [-0.15, -0.1) is 0 Å². The zero-order valence-electron chi connectivity index (χ0n) is 9.96. The Kier molecular flexibility index (Phi) is 2.39. The fraction of sp³-hybridized carbons (Fsp3) is 1.00. The van der Waals surface area contributed by atoms with Crippen LogP contribution in [-0.4, -0.2) is 29.6 Å². The smallest absolute Gasteiger partial charge is 0.0156 e. The molecule has 82 valence electrons. The van der Waals surface area contributed by atoms with Crippen LogP contribution in [-0.2, 0) is 0 Å². The molecule has 0 amide bonds. The normalized spacial score (nSPS) is 47.8. The fourth-order valence-corrected chi connectivity index (χ4v) is 2.87. The van der Waals surface area contributed by atoms with E-state index in [4.69, 9.17) is 5.73 Å². The van der Waals surface area contributed by atoms with Gasteiger partial charge in [0.1, 0.15) is 0 Å². The van der Waals surface area contributed by atoms with Gasteiger partial charge in [0, 0.05) is 24.7 Å². The van der Waals surface area contributed by atoms with E-state index in [2.05, 4.69) is 32.6 Å². The molecule has 2 rings (SSSR count). The molecular formula is C12H24N2. The van der Waals surface area contributed by atoms with E-state index in [0.29, 0.717) is 23.4 Å². The quantitative estimate of drug-likeness (QED) is 0.693. The molecule has 2 nitrogen and oxygen atoms in total. The molecule has 2 fully saturated rings. The van der Waals surface area contributed by atoms with Gasteiger partial charge in [0.05, 0.1) is 0 Å². The third-order valence-corrected chi connectivity index (χ3v) is 4.54. The summed E-state index contributed by atoms with van der Waals surface area (Å²) in [4.78, 5) is 2.69. The van der Waals surface area contributed by atoms with Gasteiger partial charge in [0.2, 0.25) is 0 Å². The van der Waals surface area contributed by atoms with Crippen molar-refractivity contribution in [2.75, 3.05) is 6.54 Å². The summed E-state index contributed by atoms with van der Waals surface area (Å²) >= 11 is 0. The molecule has 4 atom stereocenters. The summed E-state index contributed by atoms with van der Waals surface area (Å²) in [7, 11) is 0. The molecule has 1 saturated heterocycles. The number of hydrogen-bond donors (Lipinski definition) is 1. The lowest BCUT2D eigenvalue weighted by Crippen LogP contribution is -2.53. The lowest BCUT2D eigenvalue weighted by Gasteiger charge is -2.42. The predicted octanol–water partition coefficient (Wildman–Crippen LogP) is 1.84. The standard InChI is InChI=1S/C12H24N2/c1-8-9(2)14(6-5-10(8)13)11-7-12(11,3)4/h8-11H,5-7,13H2,1-4H3. The van der Waals surface area contributed by atoms with Gasteiger partial charge >= 0.3 is 0 Å². The van der Waals surface area contributed by atoms with Gasteiger partial charge in [0.25, 0.3) is 0 Å². The summed E-state index contributed by atoms with van der Waals surface area (Å²) in [5.74, 6) is 0.653. The van der Waals surface area contributed by atoms with Gasteiger partial charge < -0.3 is 5.73 Å². The van der Waals surface area contributed by atoms with Crippen molar-refractivity contribution in [2.45, 2.75) is 58.7 Å². The number of piperidine rings is 1. The Morgan fingerprint density at radius 1 is 1.29 bits per heavy atom. The summed E-state index contributed by atoms with van der Waals surface area (Å²) < 4.78 is 0. The average Bonchev–Trinajstić information content (AvgIpc) is 2.71. The summed E-state index contributed by atoms with van der Waals surface area (Å²) in [6.45, 7) is 10.6. The first kappa shape index (κ1) is 10.4. The Balaban J connectivity index is 2.01. The minimum atomic E-state index is 0.420. The van der Waals surface area contributed by atoms with E-state index in [-0.39, 0.29) is 0 Å². The average molecular weight is 196 g/mol. The van der Waals surface area contributed by atoms with E-state index in [9.17, 15) is 0 Å². The molecule has 2 heteroatoms. The Bertz CT molecular complexity index is 224. The van der Waals surface area contributed by atoms with Crippen molar-refractivity contribution >= 4 is 0 Å². The van der Waals surface area contributed by atoms with Crippen LogP contribution in [0.4, 0.5) is 0 Å². The molecule has 1 aliphatic heterocycles. The number of nitrogens with two attached hydrogens (primary N) is 1. The molecular weight excluding hydrogens is 172 g/mol. The lowest BCUT2D eigenvalue weighted by molar-refractivity contribution is 0.0792. The maximum Gasteiger partial charge on any atom is 0.0156 e. The zero-order valence-corrected chi connectivity index (χ0v) is 9.96. The fourth-order valence-electron chi connectivity index (χ4n) is 2.87. The summed E-state index contributed by atoms with van der Waals surface area (Å²) in [6.07, 6.45) is 2.55. The lowest BCUT2D eigenvalue weighted by atomic mass is 9.87. The van der Waals surface area contributed by atoms with Crippen LogP contribution >= 0.6 is 0 Å². The minimum Gasteiger partial charge on any atom is -0.327 e. The van der Waals surface area contributed by atoms with Crippen LogP contribution < -0.4 is 5.73 Å². The van der Waals surface area contributed by atoms with E-state index < -0.39 is 0 Å². The highest BCUT2D eigenvalue weighted by atomic mass is 15.2. The molecule has 2 N–H and O–H groups in total. The van der Waals surface area contributed by atoms with Crippen LogP contribution in [0.3, 0.4) is 0 Å². The first-order chi connectivity index (χ1) is 6.43. The maximum absolute atomic E-state index is 6.09. The van der Waals surface area contributed by atoms with Gasteiger partial charge in [-0.1, -0.05) is 20.8 Å². The number of rotatable bonds is 1. The summed E-state index contributed by atoms with van der Waals surface area (Å²) in [5, 5.41) is 0. The van der Waals surface area contributed by atoms with Crippen molar-refractivity contribution in [3.05, 3.63) is 0 Å². The second-order valence-corrected chi connectivity index (χ2v) is 6.00. The molecule has 14 heavy (non-hydrogen) atoms. The van der Waals surface area contributed by atoms with Crippen LogP contribution in [0.15, 0.2) is 0 Å². The Labute approximate surface area is 87.8 Å². The molecule has 0 bridgehead atoms. The topological polar surface area (TPSA) is 29.3 Å². The maximum atomic E-state index is 6.09. The third kappa shape index (κ3) is 1.59. The Morgan fingerprint density at radius 2 is 1.86 bits per heavy atom. The van der Waals surface area contributed by atoms with Crippen molar-refractivity contribution in [3.8, 4) is 0 Å². The Morgan fingerprint density at radius 3 is 2.36 bits per heavy atom. The van der Waals surface area contributed by atoms with Crippen molar-refractivity contribution in [1.82, 2.24) is 4.90 Å². The van der Waals surface area contributed by atoms with Gasteiger partial charge in [-0.25, -0.2) is 0 Å². The molecule has 0 radical (unpaired) electrons. The van der Waals surface area contributed by atoms with Crippen molar-refractivity contribution in [3.63, 3.8) is 0 Å². The van der Waals surface area contributed by atoms with Crippen LogP contribution in [0, 0.1) is 11.3 Å². The first-order valence-corrected chi connectivity index (χ1v) is 5.95. The molecule has 0 spiro atoms. The SMILES string of the molecule is CC1C(N)CCN(C2CC2(C)C)C1C. The van der Waals surface area contributed by atoms with Gasteiger partial charge in [-0.05, 0) is 31.1 Å². The summed E-state index contributed by atoms with van der Waals surface area (Å²) in [5.41, 5.74) is 6.66. The monoisotopic (exact) mass is 196 g/mol. The van der Waals surface area contributed by atoms with Crippen LogP contribution in [0.2, 0.25) is 0 Å². The second kappa shape index (κ2) is 3.21. The van der Waals surface area contributed by atoms with Crippen LogP contribution in [0.1, 0.15) is 40.5 Å². The van der Waals surface area contributed by atoms with E-state index in [1.54, 1.807) is 0 Å². The number of hydrogen-bond acceptors (Lipinski definition) is 2. The van der Waals surface area contributed by atoms with Gasteiger partial charge in [-0.3, -0.25) is 4.90 Å². The molecule has 1 heterocycles. The molecule has 0 aromatic rings. The minimum absolute atomic E-state index is 0.420. The number of likely N-dealkylation sites (tertiary alicyclic amines) is 1. The highest BCUT2D eigenvalue weighted by Gasteiger charge is 2.51. The molecule has 1 saturated carbocycles. The zero-order chi connectivity index (χ0) is 10.5. The van der Waals surface area contributed by atoms with Crippen molar-refractivity contribution < 1.29 is 0 Å². The molecule has 0 aromatic carbocycles. The summed E-state index contributed by atoms with van der Waals surface area (Å²) in [6, 6.07) is 1.92. The second-order valence-electron chi connectivity index (χ2n) is 6.00. The van der Waals surface area contributed by atoms with Crippen molar-refractivity contribution in [2.24, 2.45) is 17.1 Å².